The summed E-state index contributed by atoms with van der Waals surface area (Å²) < 4.78 is 38.6. The molecule has 0 spiro atoms. The van der Waals surface area contributed by atoms with Crippen molar-refractivity contribution < 1.29 is 17.6 Å². The van der Waals surface area contributed by atoms with Crippen LogP contribution in [0.4, 0.5) is 4.39 Å². The molecule has 0 bridgehead atoms. The van der Waals surface area contributed by atoms with E-state index in [0.717, 1.165) is 0 Å². The maximum atomic E-state index is 12.1. The minimum atomic E-state index is -3.83. The van der Waals surface area contributed by atoms with E-state index >= 15 is 0 Å². The van der Waals surface area contributed by atoms with Crippen LogP contribution in [0.25, 0.3) is 0 Å². The normalized spacial score (nSPS) is 13.8. The van der Waals surface area contributed by atoms with Crippen LogP contribution in [0.2, 0.25) is 0 Å². The minimum absolute atomic E-state index is 0.0425. The van der Waals surface area contributed by atoms with Crippen LogP contribution in [0.15, 0.2) is 40.2 Å². The zero-order chi connectivity index (χ0) is 16.6. The molecule has 0 unspecified atom stereocenters. The van der Waals surface area contributed by atoms with Crippen molar-refractivity contribution in [2.75, 3.05) is 13.2 Å². The average Bonchev–Trinajstić information content (AvgIpc) is 2.50. The number of amidine groups is 1. The van der Waals surface area contributed by atoms with Crippen LogP contribution in [0.5, 0.6) is 0 Å². The molecule has 1 amide bonds. The molecule has 7 nitrogen and oxygen atoms in total. The van der Waals surface area contributed by atoms with Crippen molar-refractivity contribution in [3.8, 4) is 0 Å². The predicted octanol–water partition coefficient (Wildman–Crippen LogP) is -0.0743. The lowest BCUT2D eigenvalue weighted by molar-refractivity contribution is -0.119. The summed E-state index contributed by atoms with van der Waals surface area (Å²) in [4.78, 5) is 15.1. The van der Waals surface area contributed by atoms with E-state index in [2.05, 4.69) is 9.71 Å². The molecule has 0 saturated heterocycles. The van der Waals surface area contributed by atoms with Crippen molar-refractivity contribution in [1.82, 2.24) is 4.72 Å². The smallest absolute Gasteiger partial charge is 0.241 e. The Bertz CT molecular complexity index is 619. The van der Waals surface area contributed by atoms with Crippen molar-refractivity contribution in [2.24, 2.45) is 16.5 Å². The van der Waals surface area contributed by atoms with Gasteiger partial charge in [0.2, 0.25) is 15.9 Å². The van der Waals surface area contributed by atoms with Gasteiger partial charge in [-0.25, -0.2) is 12.8 Å². The molecule has 9 heteroatoms. The topological polar surface area (TPSA) is 128 Å². The number of carbonyl (C=O) groups is 1. The van der Waals surface area contributed by atoms with E-state index in [0.29, 0.717) is 6.42 Å². The Morgan fingerprint density at radius 2 is 1.91 bits per heavy atom. The quantitative estimate of drug-likeness (QED) is 0.332. The van der Waals surface area contributed by atoms with Gasteiger partial charge in [-0.15, -0.1) is 0 Å². The Kier molecular flexibility index (Phi) is 6.93. The van der Waals surface area contributed by atoms with E-state index in [1.165, 1.54) is 12.1 Å². The van der Waals surface area contributed by atoms with Gasteiger partial charge in [0.25, 0.3) is 0 Å². The van der Waals surface area contributed by atoms with E-state index in [1.807, 2.05) is 0 Å². The lowest BCUT2D eigenvalue weighted by atomic mass is 10.1. The highest BCUT2D eigenvalue weighted by atomic mass is 32.2. The second-order valence-corrected chi connectivity index (χ2v) is 6.25. The third-order valence-electron chi connectivity index (χ3n) is 2.80. The summed E-state index contributed by atoms with van der Waals surface area (Å²) in [5, 5.41) is 0. The summed E-state index contributed by atoms with van der Waals surface area (Å²) in [6.07, 6.45) is 0.482. The molecule has 0 aliphatic rings. The number of nitrogens with one attached hydrogen (secondary N) is 1. The van der Waals surface area contributed by atoms with Gasteiger partial charge in [0, 0.05) is 6.54 Å². The molecular formula is C13H19FN4O3S. The SMILES string of the molecule is NC(=O)[C@H](CCCN=C(N)CF)NS(=O)(=O)c1ccccc1. The molecule has 0 heterocycles. The first kappa shape index (κ1) is 18.1. The van der Waals surface area contributed by atoms with E-state index in [9.17, 15) is 17.6 Å². The van der Waals surface area contributed by atoms with Crippen LogP contribution >= 0.6 is 0 Å². The molecular weight excluding hydrogens is 311 g/mol. The molecule has 0 aromatic heterocycles. The van der Waals surface area contributed by atoms with Crippen molar-refractivity contribution in [3.05, 3.63) is 30.3 Å². The standard InChI is InChI=1S/C13H19FN4O3S/c14-9-12(15)17-8-4-7-11(13(16)19)18-22(20,21)10-5-2-1-3-6-10/h1-3,5-6,11,18H,4,7-9H2,(H2,15,17)(H2,16,19)/t11-/m0/s1. The number of alkyl halides is 1. The molecule has 0 fully saturated rings. The van der Waals surface area contributed by atoms with Gasteiger partial charge in [0.1, 0.15) is 18.6 Å². The predicted molar refractivity (Wildman–Crippen MR) is 81.4 cm³/mol. The molecule has 0 saturated carbocycles. The lowest BCUT2D eigenvalue weighted by Gasteiger charge is -2.15. The number of nitrogens with two attached hydrogens (primary N) is 2. The second kappa shape index (κ2) is 8.44. The monoisotopic (exact) mass is 330 g/mol. The Balaban J connectivity index is 2.67. The molecule has 1 rings (SSSR count). The van der Waals surface area contributed by atoms with Crippen LogP contribution in [-0.2, 0) is 14.8 Å². The summed E-state index contributed by atoms with van der Waals surface area (Å²) in [7, 11) is -3.83. The number of hydrogen-bond donors (Lipinski definition) is 3. The van der Waals surface area contributed by atoms with Crippen molar-refractivity contribution >= 4 is 21.8 Å². The fraction of sp³-hybridized carbons (Fsp3) is 0.385. The lowest BCUT2D eigenvalue weighted by Crippen LogP contribution is -2.44. The van der Waals surface area contributed by atoms with E-state index in [4.69, 9.17) is 11.5 Å². The number of halogens is 1. The maximum Gasteiger partial charge on any atom is 0.241 e. The highest BCUT2D eigenvalue weighted by Gasteiger charge is 2.23. The van der Waals surface area contributed by atoms with Gasteiger partial charge in [-0.1, -0.05) is 18.2 Å². The Morgan fingerprint density at radius 1 is 1.27 bits per heavy atom. The molecule has 1 aromatic rings. The van der Waals surface area contributed by atoms with Crippen molar-refractivity contribution in [2.45, 2.75) is 23.8 Å². The minimum Gasteiger partial charge on any atom is -0.385 e. The van der Waals surface area contributed by atoms with Crippen LogP contribution in [0.1, 0.15) is 12.8 Å². The number of aliphatic imine (C=N–C) groups is 1. The first-order chi connectivity index (χ1) is 10.4. The molecule has 5 N–H and O–H groups in total. The number of hydrogen-bond acceptors (Lipinski definition) is 4. The summed E-state index contributed by atoms with van der Waals surface area (Å²) >= 11 is 0. The number of sulfonamides is 1. The Morgan fingerprint density at radius 3 is 2.45 bits per heavy atom. The van der Waals surface area contributed by atoms with Gasteiger partial charge in [-0.2, -0.15) is 4.72 Å². The Hall–Kier alpha value is -2.00. The fourth-order valence-corrected chi connectivity index (χ4v) is 2.93. The van der Waals surface area contributed by atoms with E-state index < -0.39 is 28.6 Å². The van der Waals surface area contributed by atoms with Gasteiger partial charge < -0.3 is 11.5 Å². The second-order valence-electron chi connectivity index (χ2n) is 4.54. The van der Waals surface area contributed by atoms with Gasteiger partial charge in [0.15, 0.2) is 0 Å². The van der Waals surface area contributed by atoms with Gasteiger partial charge >= 0.3 is 0 Å². The van der Waals surface area contributed by atoms with Crippen molar-refractivity contribution in [3.63, 3.8) is 0 Å². The zero-order valence-electron chi connectivity index (χ0n) is 11.9. The number of nitrogens with zero attached hydrogens (tertiary/aromatic N) is 1. The third kappa shape index (κ3) is 5.78. The molecule has 0 radical (unpaired) electrons. The van der Waals surface area contributed by atoms with Crippen LogP contribution < -0.4 is 16.2 Å². The highest BCUT2D eigenvalue weighted by molar-refractivity contribution is 7.89. The molecule has 122 valence electrons. The zero-order valence-corrected chi connectivity index (χ0v) is 12.7. The van der Waals surface area contributed by atoms with Crippen molar-refractivity contribution in [1.29, 1.82) is 0 Å². The summed E-state index contributed by atoms with van der Waals surface area (Å²) in [6.45, 7) is -0.660. The van der Waals surface area contributed by atoms with E-state index in [1.54, 1.807) is 18.2 Å². The summed E-state index contributed by atoms with van der Waals surface area (Å²) in [6, 6.07) is 6.58. The number of benzene rings is 1. The van der Waals surface area contributed by atoms with Gasteiger partial charge in [-0.05, 0) is 25.0 Å². The molecule has 0 aliphatic carbocycles. The summed E-state index contributed by atoms with van der Waals surface area (Å²) in [5.41, 5.74) is 10.4. The number of amides is 1. The number of primary amides is 1. The van der Waals surface area contributed by atoms with Crippen LogP contribution in [0, 0.1) is 0 Å². The first-order valence-electron chi connectivity index (χ1n) is 6.58. The van der Waals surface area contributed by atoms with Crippen LogP contribution in [-0.4, -0.2) is 39.4 Å². The van der Waals surface area contributed by atoms with Crippen LogP contribution in [0.3, 0.4) is 0 Å². The number of carbonyl (C=O) groups excluding carboxylic acids is 1. The van der Waals surface area contributed by atoms with E-state index in [-0.39, 0.29) is 23.7 Å². The Labute approximate surface area is 128 Å². The first-order valence-corrected chi connectivity index (χ1v) is 8.06. The third-order valence-corrected chi connectivity index (χ3v) is 4.28. The highest BCUT2D eigenvalue weighted by Crippen LogP contribution is 2.09. The molecule has 1 atom stereocenters. The maximum absolute atomic E-state index is 12.1. The fourth-order valence-electron chi connectivity index (χ4n) is 1.67. The average molecular weight is 330 g/mol. The van der Waals surface area contributed by atoms with Gasteiger partial charge in [0.05, 0.1) is 4.90 Å². The number of rotatable bonds is 9. The summed E-state index contributed by atoms with van der Waals surface area (Å²) in [5.74, 6) is -0.928. The largest absolute Gasteiger partial charge is 0.385 e. The van der Waals surface area contributed by atoms with Gasteiger partial charge in [-0.3, -0.25) is 9.79 Å². The molecule has 1 aromatic carbocycles. The molecule has 22 heavy (non-hydrogen) atoms. The molecule has 0 aliphatic heterocycles.